The second-order valence-electron chi connectivity index (χ2n) is 6.40. The SMILES string of the molecule is Cc1cc(C(=O)Nc2nnc(SCc3cccs3)s2)cc(S(=O)(=O)N(C)C)c1C. The van der Waals surface area contributed by atoms with Crippen LogP contribution >= 0.6 is 34.4 Å². The minimum absolute atomic E-state index is 0.122. The summed E-state index contributed by atoms with van der Waals surface area (Å²) in [6.45, 7) is 3.51. The van der Waals surface area contributed by atoms with Crippen molar-refractivity contribution in [2.45, 2.75) is 28.8 Å². The Morgan fingerprint density at radius 2 is 2.00 bits per heavy atom. The van der Waals surface area contributed by atoms with Crippen LogP contribution in [0.5, 0.6) is 0 Å². The Labute approximate surface area is 182 Å². The van der Waals surface area contributed by atoms with Gasteiger partial charge in [0.15, 0.2) is 4.34 Å². The predicted molar refractivity (Wildman–Crippen MR) is 119 cm³/mol. The number of rotatable bonds is 7. The van der Waals surface area contributed by atoms with E-state index in [1.54, 1.807) is 43.0 Å². The minimum atomic E-state index is -3.66. The molecule has 0 bridgehead atoms. The number of aryl methyl sites for hydroxylation is 1. The highest BCUT2D eigenvalue weighted by molar-refractivity contribution is 8.00. The number of nitrogens with one attached hydrogen (secondary N) is 1. The zero-order valence-corrected chi connectivity index (χ0v) is 19.6. The van der Waals surface area contributed by atoms with E-state index in [0.717, 1.165) is 20.0 Å². The first-order valence-electron chi connectivity index (χ1n) is 8.52. The maximum absolute atomic E-state index is 12.7. The third kappa shape index (κ3) is 5.04. The first-order valence-corrected chi connectivity index (χ1v) is 12.6. The number of thioether (sulfide) groups is 1. The van der Waals surface area contributed by atoms with Gasteiger partial charge in [0.2, 0.25) is 15.2 Å². The number of benzene rings is 1. The fourth-order valence-electron chi connectivity index (χ4n) is 2.44. The molecule has 0 unspecified atom stereocenters. The lowest BCUT2D eigenvalue weighted by Gasteiger charge is -2.16. The number of carbonyl (C=O) groups excluding carboxylic acids is 1. The molecule has 3 rings (SSSR count). The third-order valence-corrected chi connectivity index (χ3v) is 9.21. The molecule has 1 aromatic carbocycles. The summed E-state index contributed by atoms with van der Waals surface area (Å²) in [5, 5.41) is 13.2. The van der Waals surface area contributed by atoms with Crippen LogP contribution in [0.2, 0.25) is 0 Å². The van der Waals surface area contributed by atoms with E-state index in [0.29, 0.717) is 10.7 Å². The third-order valence-electron chi connectivity index (χ3n) is 4.19. The smallest absolute Gasteiger partial charge is 0.257 e. The Bertz CT molecular complexity index is 1120. The van der Waals surface area contributed by atoms with E-state index < -0.39 is 15.9 Å². The fraction of sp³-hybridized carbons (Fsp3) is 0.278. The van der Waals surface area contributed by atoms with Gasteiger partial charge in [-0.1, -0.05) is 29.2 Å². The maximum Gasteiger partial charge on any atom is 0.257 e. The van der Waals surface area contributed by atoms with Crippen LogP contribution in [-0.4, -0.2) is 42.9 Å². The van der Waals surface area contributed by atoms with Crippen molar-refractivity contribution >= 4 is 55.5 Å². The van der Waals surface area contributed by atoms with Gasteiger partial charge in [-0.05, 0) is 48.6 Å². The summed E-state index contributed by atoms with van der Waals surface area (Å²) in [4.78, 5) is 14.1. The number of thiophene rings is 1. The van der Waals surface area contributed by atoms with E-state index >= 15 is 0 Å². The van der Waals surface area contributed by atoms with E-state index in [1.165, 1.54) is 36.4 Å². The molecular weight excluding hydrogens is 448 g/mol. The molecule has 1 amide bonds. The van der Waals surface area contributed by atoms with Gasteiger partial charge in [0, 0.05) is 30.3 Å². The molecule has 3 aromatic rings. The molecule has 11 heteroatoms. The van der Waals surface area contributed by atoms with Gasteiger partial charge in [0.1, 0.15) is 0 Å². The van der Waals surface area contributed by atoms with E-state index in [1.807, 2.05) is 11.4 Å². The Morgan fingerprint density at radius 3 is 2.66 bits per heavy atom. The zero-order valence-electron chi connectivity index (χ0n) is 16.3. The van der Waals surface area contributed by atoms with Gasteiger partial charge in [-0.2, -0.15) is 0 Å². The molecular formula is C18H20N4O3S4. The quantitative estimate of drug-likeness (QED) is 0.416. The number of sulfonamides is 1. The highest BCUT2D eigenvalue weighted by Crippen LogP contribution is 2.30. The lowest BCUT2D eigenvalue weighted by molar-refractivity contribution is 0.102. The summed E-state index contributed by atoms with van der Waals surface area (Å²) in [7, 11) is -0.727. The molecule has 2 aromatic heterocycles. The van der Waals surface area contributed by atoms with Crippen molar-refractivity contribution in [2.75, 3.05) is 19.4 Å². The van der Waals surface area contributed by atoms with E-state index in [4.69, 9.17) is 0 Å². The lowest BCUT2D eigenvalue weighted by Crippen LogP contribution is -2.24. The summed E-state index contributed by atoms with van der Waals surface area (Å²) in [6, 6.07) is 7.13. The topological polar surface area (TPSA) is 92.3 Å². The van der Waals surface area contributed by atoms with Crippen LogP contribution in [0.15, 0.2) is 38.9 Å². The monoisotopic (exact) mass is 468 g/mol. The van der Waals surface area contributed by atoms with Crippen LogP contribution in [0.25, 0.3) is 0 Å². The van der Waals surface area contributed by atoms with Gasteiger partial charge < -0.3 is 0 Å². The molecule has 0 saturated carbocycles. The molecule has 0 aliphatic heterocycles. The van der Waals surface area contributed by atoms with E-state index in [2.05, 4.69) is 21.6 Å². The van der Waals surface area contributed by atoms with Gasteiger partial charge in [-0.15, -0.1) is 21.5 Å². The number of aromatic nitrogens is 2. The molecule has 154 valence electrons. The zero-order chi connectivity index (χ0) is 21.2. The summed E-state index contributed by atoms with van der Waals surface area (Å²) in [5.41, 5.74) is 1.61. The van der Waals surface area contributed by atoms with Gasteiger partial charge in [0.25, 0.3) is 5.91 Å². The van der Waals surface area contributed by atoms with Crippen LogP contribution in [-0.2, 0) is 15.8 Å². The van der Waals surface area contributed by atoms with E-state index in [9.17, 15) is 13.2 Å². The molecule has 0 aliphatic carbocycles. The first-order chi connectivity index (χ1) is 13.7. The first kappa shape index (κ1) is 21.9. The standard InChI is InChI=1S/C18H20N4O3S4/c1-11-8-13(9-15(12(11)2)29(24,25)22(3)4)16(23)19-17-20-21-18(28-17)27-10-14-6-5-7-26-14/h5-9H,10H2,1-4H3,(H,19,20,23). The molecule has 0 aliphatic rings. The lowest BCUT2D eigenvalue weighted by atomic mass is 10.1. The molecule has 0 radical (unpaired) electrons. The number of anilines is 1. The van der Waals surface area contributed by atoms with Crippen LogP contribution in [0.4, 0.5) is 5.13 Å². The average molecular weight is 469 g/mol. The normalized spacial score (nSPS) is 11.8. The maximum atomic E-state index is 12.7. The second-order valence-corrected chi connectivity index (χ2v) is 11.8. The molecule has 0 saturated heterocycles. The summed E-state index contributed by atoms with van der Waals surface area (Å²) >= 11 is 4.52. The molecule has 29 heavy (non-hydrogen) atoms. The number of amides is 1. The summed E-state index contributed by atoms with van der Waals surface area (Å²) in [5.74, 6) is 0.373. The molecule has 0 fully saturated rings. The van der Waals surface area contributed by atoms with Gasteiger partial charge >= 0.3 is 0 Å². The summed E-state index contributed by atoms with van der Waals surface area (Å²) in [6.07, 6.45) is 0. The van der Waals surface area contributed by atoms with Gasteiger partial charge in [-0.3, -0.25) is 10.1 Å². The largest absolute Gasteiger partial charge is 0.296 e. The Kier molecular flexibility index (Phi) is 6.74. The second kappa shape index (κ2) is 8.92. The van der Waals surface area contributed by atoms with Crippen molar-refractivity contribution in [3.63, 3.8) is 0 Å². The Hall–Kier alpha value is -1.79. The van der Waals surface area contributed by atoms with Crippen molar-refractivity contribution in [1.29, 1.82) is 0 Å². The molecule has 2 heterocycles. The predicted octanol–water partition coefficient (Wildman–Crippen LogP) is 4.01. The van der Waals surface area contributed by atoms with Crippen LogP contribution in [0.3, 0.4) is 0 Å². The van der Waals surface area contributed by atoms with Crippen LogP contribution in [0, 0.1) is 13.8 Å². The van der Waals surface area contributed by atoms with Crippen molar-refractivity contribution in [1.82, 2.24) is 14.5 Å². The number of carbonyl (C=O) groups is 1. The minimum Gasteiger partial charge on any atom is -0.296 e. The van der Waals surface area contributed by atoms with Crippen molar-refractivity contribution in [2.24, 2.45) is 0 Å². The number of nitrogens with zero attached hydrogens (tertiary/aromatic N) is 3. The van der Waals surface area contributed by atoms with Crippen molar-refractivity contribution in [3.8, 4) is 0 Å². The fourth-order valence-corrected chi connectivity index (χ4v) is 6.18. The average Bonchev–Trinajstić information content (AvgIpc) is 3.33. The highest BCUT2D eigenvalue weighted by atomic mass is 32.2. The molecule has 0 spiro atoms. The number of hydrogen-bond donors (Lipinski definition) is 1. The van der Waals surface area contributed by atoms with Crippen LogP contribution < -0.4 is 5.32 Å². The van der Waals surface area contributed by atoms with E-state index in [-0.39, 0.29) is 10.5 Å². The summed E-state index contributed by atoms with van der Waals surface area (Å²) < 4.78 is 27.1. The van der Waals surface area contributed by atoms with Crippen LogP contribution in [0.1, 0.15) is 26.4 Å². The molecule has 7 nitrogen and oxygen atoms in total. The van der Waals surface area contributed by atoms with Gasteiger partial charge in [-0.25, -0.2) is 12.7 Å². The molecule has 1 N–H and O–H groups in total. The van der Waals surface area contributed by atoms with Gasteiger partial charge in [0.05, 0.1) is 4.90 Å². The Balaban J connectivity index is 1.77. The molecule has 0 atom stereocenters. The number of hydrogen-bond acceptors (Lipinski definition) is 8. The van der Waals surface area contributed by atoms with Crippen molar-refractivity contribution < 1.29 is 13.2 Å². The van der Waals surface area contributed by atoms with Crippen molar-refractivity contribution in [3.05, 3.63) is 51.2 Å². The highest BCUT2D eigenvalue weighted by Gasteiger charge is 2.23. The Morgan fingerprint density at radius 1 is 1.24 bits per heavy atom.